The third-order valence-electron chi connectivity index (χ3n) is 3.25. The zero-order valence-corrected chi connectivity index (χ0v) is 13.2. The van der Waals surface area contributed by atoms with Crippen molar-refractivity contribution in [3.05, 3.63) is 34.3 Å². The fourth-order valence-electron chi connectivity index (χ4n) is 2.19. The number of carboxylic acids is 1. The zero-order valence-electron chi connectivity index (χ0n) is 11.7. The number of carboxylic acid groups (broad SMARTS) is 1. The van der Waals surface area contributed by atoms with Crippen molar-refractivity contribution in [3.8, 4) is 0 Å². The van der Waals surface area contributed by atoms with E-state index in [0.717, 1.165) is 10.0 Å². The first kappa shape index (κ1) is 15.8. The smallest absolute Gasteiger partial charge is 0.334 e. The Morgan fingerprint density at radius 2 is 2.29 bits per heavy atom. The second-order valence-electron chi connectivity index (χ2n) is 4.91. The number of carbonyl (C=O) groups is 2. The Bertz CT molecular complexity index is 537. The number of ether oxygens (including phenoxy) is 1. The number of amides is 2. The van der Waals surface area contributed by atoms with E-state index in [1.165, 1.54) is 4.90 Å². The SMILES string of the molecule is CN(Cc1cccc(Br)c1)C(=O)N1CCOC(C(=O)O)C1. The number of morpholine rings is 1. The average Bonchev–Trinajstić information content (AvgIpc) is 2.46. The van der Waals surface area contributed by atoms with Crippen LogP contribution in [-0.2, 0) is 16.1 Å². The molecule has 1 fully saturated rings. The Kier molecular flexibility index (Phi) is 5.19. The van der Waals surface area contributed by atoms with Crippen LogP contribution in [0.1, 0.15) is 5.56 Å². The molecule has 0 spiro atoms. The Labute approximate surface area is 131 Å². The van der Waals surface area contributed by atoms with Gasteiger partial charge in [-0.1, -0.05) is 28.1 Å². The molecule has 0 aliphatic carbocycles. The number of hydrogen-bond acceptors (Lipinski definition) is 3. The van der Waals surface area contributed by atoms with E-state index in [1.54, 1.807) is 11.9 Å². The van der Waals surface area contributed by atoms with E-state index in [4.69, 9.17) is 9.84 Å². The highest BCUT2D eigenvalue weighted by molar-refractivity contribution is 9.10. The number of benzene rings is 1. The maximum atomic E-state index is 12.3. The molecule has 1 aromatic carbocycles. The Morgan fingerprint density at radius 3 is 2.95 bits per heavy atom. The largest absolute Gasteiger partial charge is 0.479 e. The molecule has 2 amide bonds. The van der Waals surface area contributed by atoms with Crippen LogP contribution in [0, 0.1) is 0 Å². The molecule has 1 unspecified atom stereocenters. The van der Waals surface area contributed by atoms with Crippen molar-refractivity contribution < 1.29 is 19.4 Å². The molecule has 1 aliphatic heterocycles. The van der Waals surface area contributed by atoms with Gasteiger partial charge in [0.1, 0.15) is 0 Å². The van der Waals surface area contributed by atoms with Gasteiger partial charge in [-0.2, -0.15) is 0 Å². The summed E-state index contributed by atoms with van der Waals surface area (Å²) in [5.74, 6) is -1.04. The quantitative estimate of drug-likeness (QED) is 0.896. The van der Waals surface area contributed by atoms with Crippen LogP contribution < -0.4 is 0 Å². The number of hydrogen-bond donors (Lipinski definition) is 1. The highest BCUT2D eigenvalue weighted by Gasteiger charge is 2.30. The normalized spacial score (nSPS) is 18.4. The molecular formula is C14H17BrN2O4. The predicted octanol–water partition coefficient (Wildman–Crippen LogP) is 1.79. The van der Waals surface area contributed by atoms with Gasteiger partial charge < -0.3 is 19.6 Å². The number of urea groups is 1. The molecule has 1 aromatic rings. The van der Waals surface area contributed by atoms with E-state index in [-0.39, 0.29) is 19.2 Å². The minimum absolute atomic E-state index is 0.0803. The van der Waals surface area contributed by atoms with Gasteiger partial charge in [0, 0.05) is 24.6 Å². The van der Waals surface area contributed by atoms with Crippen LogP contribution in [-0.4, -0.2) is 59.8 Å². The van der Waals surface area contributed by atoms with E-state index in [0.29, 0.717) is 13.1 Å². The van der Waals surface area contributed by atoms with Gasteiger partial charge in [-0.25, -0.2) is 9.59 Å². The maximum Gasteiger partial charge on any atom is 0.334 e. The van der Waals surface area contributed by atoms with Crippen LogP contribution in [0.15, 0.2) is 28.7 Å². The van der Waals surface area contributed by atoms with Crippen LogP contribution in [0.3, 0.4) is 0 Å². The van der Waals surface area contributed by atoms with Gasteiger partial charge >= 0.3 is 12.0 Å². The Hall–Kier alpha value is -1.60. The summed E-state index contributed by atoms with van der Waals surface area (Å²) >= 11 is 3.39. The van der Waals surface area contributed by atoms with Crippen LogP contribution in [0.5, 0.6) is 0 Å². The molecule has 0 bridgehead atoms. The molecule has 2 rings (SSSR count). The van der Waals surface area contributed by atoms with Gasteiger partial charge in [0.25, 0.3) is 0 Å². The lowest BCUT2D eigenvalue weighted by Crippen LogP contribution is -2.51. The first-order valence-corrected chi connectivity index (χ1v) is 7.35. The standard InChI is InChI=1S/C14H17BrN2O4/c1-16(8-10-3-2-4-11(15)7-10)14(20)17-5-6-21-12(9-17)13(18)19/h2-4,7,12H,5-6,8-9H2,1H3,(H,18,19). The molecule has 0 radical (unpaired) electrons. The number of carbonyl (C=O) groups excluding carboxylic acids is 1. The summed E-state index contributed by atoms with van der Waals surface area (Å²) in [4.78, 5) is 26.4. The number of aliphatic carboxylic acids is 1. The van der Waals surface area contributed by atoms with Crippen LogP contribution in [0.25, 0.3) is 0 Å². The Balaban J connectivity index is 1.97. The lowest BCUT2D eigenvalue weighted by Gasteiger charge is -2.33. The van der Waals surface area contributed by atoms with Crippen LogP contribution in [0.4, 0.5) is 4.79 Å². The van der Waals surface area contributed by atoms with E-state index in [9.17, 15) is 9.59 Å². The summed E-state index contributed by atoms with van der Waals surface area (Å²) in [6.07, 6.45) is -0.943. The van der Waals surface area contributed by atoms with Crippen LogP contribution in [0.2, 0.25) is 0 Å². The summed E-state index contributed by atoms with van der Waals surface area (Å²) in [5, 5.41) is 8.96. The molecule has 1 saturated heterocycles. The van der Waals surface area contributed by atoms with Gasteiger partial charge in [0.05, 0.1) is 13.2 Å². The number of nitrogens with zero attached hydrogens (tertiary/aromatic N) is 2. The monoisotopic (exact) mass is 356 g/mol. The van der Waals surface area contributed by atoms with Crippen molar-refractivity contribution in [1.82, 2.24) is 9.80 Å². The van der Waals surface area contributed by atoms with Gasteiger partial charge in [-0.05, 0) is 17.7 Å². The minimum Gasteiger partial charge on any atom is -0.479 e. The van der Waals surface area contributed by atoms with E-state index in [1.807, 2.05) is 24.3 Å². The molecule has 0 saturated carbocycles. The van der Waals surface area contributed by atoms with Crippen molar-refractivity contribution >= 4 is 27.9 Å². The van der Waals surface area contributed by atoms with Gasteiger partial charge in [0.15, 0.2) is 6.10 Å². The molecule has 7 heteroatoms. The highest BCUT2D eigenvalue weighted by Crippen LogP contribution is 2.14. The molecule has 1 heterocycles. The molecular weight excluding hydrogens is 340 g/mol. The molecule has 114 valence electrons. The fraction of sp³-hybridized carbons (Fsp3) is 0.429. The van der Waals surface area contributed by atoms with Crippen molar-refractivity contribution in [2.75, 3.05) is 26.7 Å². The molecule has 1 atom stereocenters. The first-order valence-electron chi connectivity index (χ1n) is 6.56. The summed E-state index contributed by atoms with van der Waals surface area (Å²) < 4.78 is 6.07. The van der Waals surface area contributed by atoms with Crippen LogP contribution >= 0.6 is 15.9 Å². The van der Waals surface area contributed by atoms with Crippen molar-refractivity contribution in [3.63, 3.8) is 0 Å². The van der Waals surface area contributed by atoms with Crippen molar-refractivity contribution in [2.24, 2.45) is 0 Å². The summed E-state index contributed by atoms with van der Waals surface area (Å²) in [5.41, 5.74) is 1.00. The third kappa shape index (κ3) is 4.18. The molecule has 1 N–H and O–H groups in total. The summed E-state index contributed by atoms with van der Waals surface area (Å²) in [6, 6.07) is 7.53. The lowest BCUT2D eigenvalue weighted by molar-refractivity contribution is -0.154. The lowest BCUT2D eigenvalue weighted by atomic mass is 10.2. The second-order valence-corrected chi connectivity index (χ2v) is 5.83. The highest BCUT2D eigenvalue weighted by atomic mass is 79.9. The molecule has 0 aromatic heterocycles. The van der Waals surface area contributed by atoms with Gasteiger partial charge in [-0.3, -0.25) is 0 Å². The summed E-state index contributed by atoms with van der Waals surface area (Å²) in [6.45, 7) is 1.20. The molecule has 6 nitrogen and oxygen atoms in total. The van der Waals surface area contributed by atoms with Gasteiger partial charge in [-0.15, -0.1) is 0 Å². The molecule has 21 heavy (non-hydrogen) atoms. The fourth-order valence-corrected chi connectivity index (χ4v) is 2.64. The van der Waals surface area contributed by atoms with E-state index in [2.05, 4.69) is 15.9 Å². The molecule has 1 aliphatic rings. The van der Waals surface area contributed by atoms with Gasteiger partial charge in [0.2, 0.25) is 0 Å². The second kappa shape index (κ2) is 6.91. The number of rotatable bonds is 3. The number of halogens is 1. The topological polar surface area (TPSA) is 70.1 Å². The van der Waals surface area contributed by atoms with E-state index >= 15 is 0 Å². The Morgan fingerprint density at radius 1 is 1.52 bits per heavy atom. The average molecular weight is 357 g/mol. The predicted molar refractivity (Wildman–Crippen MR) is 80.0 cm³/mol. The van der Waals surface area contributed by atoms with E-state index < -0.39 is 12.1 Å². The van der Waals surface area contributed by atoms with Crippen molar-refractivity contribution in [2.45, 2.75) is 12.6 Å². The minimum atomic E-state index is -1.04. The summed E-state index contributed by atoms with van der Waals surface area (Å²) in [7, 11) is 1.70. The first-order chi connectivity index (χ1) is 9.97. The van der Waals surface area contributed by atoms with Crippen molar-refractivity contribution in [1.29, 1.82) is 0 Å². The maximum absolute atomic E-state index is 12.3. The third-order valence-corrected chi connectivity index (χ3v) is 3.74. The zero-order chi connectivity index (χ0) is 15.4.